The fraction of sp³-hybridized carbons (Fsp3) is 0.231. The molecular formula is C13H14ClN3OS. The summed E-state index contributed by atoms with van der Waals surface area (Å²) in [5, 5.41) is 3.57. The van der Waals surface area contributed by atoms with E-state index in [0.717, 1.165) is 11.3 Å². The van der Waals surface area contributed by atoms with Gasteiger partial charge in [0.05, 0.1) is 0 Å². The number of anilines is 2. The van der Waals surface area contributed by atoms with Gasteiger partial charge in [0.15, 0.2) is 0 Å². The Balaban J connectivity index is 2.20. The van der Waals surface area contributed by atoms with Crippen LogP contribution >= 0.6 is 11.6 Å². The Bertz CT molecular complexity index is 598. The van der Waals surface area contributed by atoms with E-state index in [0.29, 0.717) is 22.5 Å². The summed E-state index contributed by atoms with van der Waals surface area (Å²) in [6.45, 7) is 1.79. The molecule has 0 amide bonds. The van der Waals surface area contributed by atoms with E-state index < -0.39 is 10.8 Å². The second-order valence-corrected chi connectivity index (χ2v) is 5.99. The van der Waals surface area contributed by atoms with Crippen LogP contribution in [-0.4, -0.2) is 20.4 Å². The standard InChI is InChI=1S/C13H14ClN3OS/c1-9-15-12(14)7-13(16-9)17-11-5-3-4-10(6-11)8-19(2)18/h3-7H,8H2,1-2H3,(H,15,16,17). The van der Waals surface area contributed by atoms with Gasteiger partial charge in [-0.3, -0.25) is 4.21 Å². The highest BCUT2D eigenvalue weighted by Crippen LogP contribution is 2.19. The highest BCUT2D eigenvalue weighted by Gasteiger charge is 2.02. The minimum Gasteiger partial charge on any atom is -0.340 e. The molecular weight excluding hydrogens is 282 g/mol. The smallest absolute Gasteiger partial charge is 0.135 e. The van der Waals surface area contributed by atoms with Gasteiger partial charge in [-0.1, -0.05) is 23.7 Å². The molecule has 0 aliphatic carbocycles. The zero-order valence-corrected chi connectivity index (χ0v) is 12.3. The molecule has 0 aliphatic heterocycles. The van der Waals surface area contributed by atoms with E-state index in [1.54, 1.807) is 19.2 Å². The van der Waals surface area contributed by atoms with Crippen molar-refractivity contribution in [3.63, 3.8) is 0 Å². The lowest BCUT2D eigenvalue weighted by atomic mass is 10.2. The fourth-order valence-electron chi connectivity index (χ4n) is 1.72. The number of nitrogens with zero attached hydrogens (tertiary/aromatic N) is 2. The van der Waals surface area contributed by atoms with Crippen LogP contribution in [0.2, 0.25) is 5.15 Å². The largest absolute Gasteiger partial charge is 0.340 e. The molecule has 1 atom stereocenters. The lowest BCUT2D eigenvalue weighted by Gasteiger charge is -2.08. The van der Waals surface area contributed by atoms with Gasteiger partial charge in [0.2, 0.25) is 0 Å². The summed E-state index contributed by atoms with van der Waals surface area (Å²) < 4.78 is 11.2. The molecule has 2 aromatic rings. The quantitative estimate of drug-likeness (QED) is 0.881. The first-order valence-corrected chi connectivity index (χ1v) is 7.80. The number of rotatable bonds is 4. The second-order valence-electron chi connectivity index (χ2n) is 4.17. The van der Waals surface area contributed by atoms with Crippen molar-refractivity contribution in [3.05, 3.63) is 46.9 Å². The fourth-order valence-corrected chi connectivity index (χ4v) is 2.59. The Labute approximate surface area is 119 Å². The van der Waals surface area contributed by atoms with Crippen molar-refractivity contribution in [2.45, 2.75) is 12.7 Å². The minimum atomic E-state index is -0.853. The molecule has 0 radical (unpaired) electrons. The molecule has 4 nitrogen and oxygen atoms in total. The van der Waals surface area contributed by atoms with Gasteiger partial charge in [-0.25, -0.2) is 9.97 Å². The molecule has 0 bridgehead atoms. The van der Waals surface area contributed by atoms with Gasteiger partial charge in [-0.2, -0.15) is 0 Å². The first-order chi connectivity index (χ1) is 9.02. The van der Waals surface area contributed by atoms with Gasteiger partial charge in [0.25, 0.3) is 0 Å². The van der Waals surface area contributed by atoms with Crippen LogP contribution < -0.4 is 5.32 Å². The van der Waals surface area contributed by atoms with E-state index in [1.165, 1.54) is 0 Å². The maximum atomic E-state index is 11.2. The molecule has 19 heavy (non-hydrogen) atoms. The summed E-state index contributed by atoms with van der Waals surface area (Å²) in [6.07, 6.45) is 1.69. The van der Waals surface area contributed by atoms with E-state index in [9.17, 15) is 4.21 Å². The van der Waals surface area contributed by atoms with Gasteiger partial charge in [0.1, 0.15) is 16.8 Å². The van der Waals surface area contributed by atoms with Crippen molar-refractivity contribution in [2.75, 3.05) is 11.6 Å². The second kappa shape index (κ2) is 6.12. The van der Waals surface area contributed by atoms with Crippen LogP contribution in [0, 0.1) is 6.92 Å². The van der Waals surface area contributed by atoms with Crippen LogP contribution in [0.1, 0.15) is 11.4 Å². The zero-order chi connectivity index (χ0) is 13.8. The number of halogens is 1. The predicted octanol–water partition coefficient (Wildman–Crippen LogP) is 3.06. The maximum absolute atomic E-state index is 11.2. The summed E-state index contributed by atoms with van der Waals surface area (Å²) in [5.41, 5.74) is 1.90. The van der Waals surface area contributed by atoms with Gasteiger partial charge >= 0.3 is 0 Å². The first-order valence-electron chi connectivity index (χ1n) is 5.70. The number of nitrogens with one attached hydrogen (secondary N) is 1. The monoisotopic (exact) mass is 295 g/mol. The summed E-state index contributed by atoms with van der Waals surface area (Å²) >= 11 is 5.89. The highest BCUT2D eigenvalue weighted by atomic mass is 35.5. The third-order valence-corrected chi connectivity index (χ3v) is 3.31. The highest BCUT2D eigenvalue weighted by molar-refractivity contribution is 7.83. The Hall–Kier alpha value is -1.46. The van der Waals surface area contributed by atoms with E-state index in [1.807, 2.05) is 24.3 Å². The molecule has 100 valence electrons. The van der Waals surface area contributed by atoms with Crippen LogP contribution in [0.4, 0.5) is 11.5 Å². The lowest BCUT2D eigenvalue weighted by Crippen LogP contribution is -1.98. The number of aromatic nitrogens is 2. The summed E-state index contributed by atoms with van der Waals surface area (Å²) in [5.74, 6) is 1.80. The van der Waals surface area contributed by atoms with E-state index in [-0.39, 0.29) is 0 Å². The normalized spacial score (nSPS) is 12.2. The molecule has 0 saturated carbocycles. The Morgan fingerprint density at radius 1 is 1.32 bits per heavy atom. The van der Waals surface area contributed by atoms with Crippen LogP contribution in [0.15, 0.2) is 30.3 Å². The maximum Gasteiger partial charge on any atom is 0.135 e. The molecule has 0 saturated heterocycles. The molecule has 6 heteroatoms. The topological polar surface area (TPSA) is 54.9 Å². The van der Waals surface area contributed by atoms with Crippen LogP contribution in [-0.2, 0) is 16.6 Å². The lowest BCUT2D eigenvalue weighted by molar-refractivity contribution is 0.686. The zero-order valence-electron chi connectivity index (χ0n) is 10.7. The number of hydrogen-bond acceptors (Lipinski definition) is 4. The van der Waals surface area contributed by atoms with E-state index in [2.05, 4.69) is 15.3 Å². The van der Waals surface area contributed by atoms with Gasteiger partial charge in [-0.15, -0.1) is 0 Å². The van der Waals surface area contributed by atoms with Crippen LogP contribution in [0.5, 0.6) is 0 Å². The summed E-state index contributed by atoms with van der Waals surface area (Å²) in [4.78, 5) is 8.26. The first kappa shape index (κ1) is 14.0. The summed E-state index contributed by atoms with van der Waals surface area (Å²) in [6, 6.07) is 9.41. The predicted molar refractivity (Wildman–Crippen MR) is 79.3 cm³/mol. The van der Waals surface area contributed by atoms with Crippen molar-refractivity contribution in [3.8, 4) is 0 Å². The molecule has 0 spiro atoms. The Morgan fingerprint density at radius 2 is 2.11 bits per heavy atom. The third kappa shape index (κ3) is 4.29. The SMILES string of the molecule is Cc1nc(Cl)cc(Nc2cccc(CS(C)=O)c2)n1. The minimum absolute atomic E-state index is 0.404. The molecule has 1 N–H and O–H groups in total. The van der Waals surface area contributed by atoms with Crippen molar-refractivity contribution in [1.82, 2.24) is 9.97 Å². The molecule has 1 aromatic heterocycles. The van der Waals surface area contributed by atoms with Crippen molar-refractivity contribution < 1.29 is 4.21 Å². The molecule has 1 aromatic carbocycles. The number of benzene rings is 1. The molecule has 0 fully saturated rings. The van der Waals surface area contributed by atoms with E-state index in [4.69, 9.17) is 11.6 Å². The van der Waals surface area contributed by atoms with Gasteiger partial charge in [-0.05, 0) is 24.6 Å². The van der Waals surface area contributed by atoms with Crippen molar-refractivity contribution in [1.29, 1.82) is 0 Å². The molecule has 1 heterocycles. The average molecular weight is 296 g/mol. The average Bonchev–Trinajstić information content (AvgIpc) is 2.26. The Morgan fingerprint density at radius 3 is 2.79 bits per heavy atom. The van der Waals surface area contributed by atoms with Crippen molar-refractivity contribution in [2.24, 2.45) is 0 Å². The van der Waals surface area contributed by atoms with Crippen LogP contribution in [0.25, 0.3) is 0 Å². The van der Waals surface area contributed by atoms with Gasteiger partial charge in [0, 0.05) is 34.6 Å². The third-order valence-electron chi connectivity index (χ3n) is 2.38. The Kier molecular flexibility index (Phi) is 4.50. The molecule has 1 unspecified atom stereocenters. The number of aryl methyl sites for hydroxylation is 1. The summed E-state index contributed by atoms with van der Waals surface area (Å²) in [7, 11) is -0.853. The van der Waals surface area contributed by atoms with Gasteiger partial charge < -0.3 is 5.32 Å². The van der Waals surface area contributed by atoms with E-state index >= 15 is 0 Å². The number of hydrogen-bond donors (Lipinski definition) is 1. The van der Waals surface area contributed by atoms with Crippen molar-refractivity contribution >= 4 is 33.9 Å². The molecule has 2 rings (SSSR count). The van der Waals surface area contributed by atoms with Crippen LogP contribution in [0.3, 0.4) is 0 Å². The molecule has 0 aliphatic rings.